The lowest BCUT2D eigenvalue weighted by atomic mass is 10.1. The van der Waals surface area contributed by atoms with E-state index in [0.29, 0.717) is 6.04 Å². The van der Waals surface area contributed by atoms with Crippen LogP contribution in [0.3, 0.4) is 0 Å². The number of thiazole rings is 1. The lowest BCUT2D eigenvalue weighted by molar-refractivity contribution is 0.418. The third kappa shape index (κ3) is 3.32. The molecule has 20 heavy (non-hydrogen) atoms. The van der Waals surface area contributed by atoms with Gasteiger partial charge >= 0.3 is 0 Å². The van der Waals surface area contributed by atoms with E-state index in [-0.39, 0.29) is 0 Å². The molecule has 0 spiro atoms. The smallest absolute Gasteiger partial charge is 0.151 e. The highest BCUT2D eigenvalue weighted by molar-refractivity contribution is 7.07. The van der Waals surface area contributed by atoms with E-state index >= 15 is 0 Å². The summed E-state index contributed by atoms with van der Waals surface area (Å²) in [7, 11) is 0. The lowest BCUT2D eigenvalue weighted by Gasteiger charge is -2.33. The molecule has 5 nitrogen and oxygen atoms in total. The van der Waals surface area contributed by atoms with Crippen LogP contribution in [0, 0.1) is 6.92 Å². The third-order valence-corrected chi connectivity index (χ3v) is 4.22. The number of anilines is 1. The highest BCUT2D eigenvalue weighted by Gasteiger charge is 2.20. The van der Waals surface area contributed by atoms with Crippen molar-refractivity contribution >= 4 is 17.2 Å². The Kier molecular flexibility index (Phi) is 4.22. The van der Waals surface area contributed by atoms with E-state index in [1.54, 1.807) is 11.3 Å². The Morgan fingerprint density at radius 2 is 2.35 bits per heavy atom. The van der Waals surface area contributed by atoms with Crippen LogP contribution >= 0.6 is 11.3 Å². The summed E-state index contributed by atoms with van der Waals surface area (Å²) in [5.74, 6) is 0.982. The Balaban J connectivity index is 1.57. The fourth-order valence-corrected chi connectivity index (χ4v) is 3.04. The van der Waals surface area contributed by atoms with Gasteiger partial charge in [0.2, 0.25) is 0 Å². The predicted octanol–water partition coefficient (Wildman–Crippen LogP) is 2.00. The molecule has 1 saturated heterocycles. The summed E-state index contributed by atoms with van der Waals surface area (Å²) in [6, 6.07) is 4.58. The molecular formula is C14H19N5S. The summed E-state index contributed by atoms with van der Waals surface area (Å²) in [4.78, 5) is 6.62. The number of hydrogen-bond acceptors (Lipinski definition) is 6. The van der Waals surface area contributed by atoms with Crippen LogP contribution in [0.4, 0.5) is 5.82 Å². The molecule has 2 aromatic rings. The maximum atomic E-state index is 4.31. The van der Waals surface area contributed by atoms with Crippen molar-refractivity contribution in [1.82, 2.24) is 20.5 Å². The first-order valence-corrected chi connectivity index (χ1v) is 7.91. The largest absolute Gasteiger partial charge is 0.354 e. The van der Waals surface area contributed by atoms with Gasteiger partial charge in [0.05, 0.1) is 16.9 Å². The van der Waals surface area contributed by atoms with Crippen LogP contribution in [0.2, 0.25) is 0 Å². The van der Waals surface area contributed by atoms with Crippen LogP contribution < -0.4 is 10.2 Å². The Labute approximate surface area is 123 Å². The number of aromatic nitrogens is 3. The quantitative estimate of drug-likeness (QED) is 0.933. The molecule has 1 aliphatic heterocycles. The molecule has 0 aromatic carbocycles. The topological polar surface area (TPSA) is 53.9 Å². The predicted molar refractivity (Wildman–Crippen MR) is 81.0 cm³/mol. The SMILES string of the molecule is Cc1ccc(N2CCC[C@H](NCc3cscn3)C2)nn1. The summed E-state index contributed by atoms with van der Waals surface area (Å²) in [6.45, 7) is 4.86. The summed E-state index contributed by atoms with van der Waals surface area (Å²) in [5, 5.41) is 14.1. The fourth-order valence-electron chi connectivity index (χ4n) is 2.49. The number of nitrogens with one attached hydrogen (secondary N) is 1. The van der Waals surface area contributed by atoms with E-state index < -0.39 is 0 Å². The van der Waals surface area contributed by atoms with Crippen molar-refractivity contribution in [2.75, 3.05) is 18.0 Å². The average molecular weight is 289 g/mol. The fraction of sp³-hybridized carbons (Fsp3) is 0.500. The maximum absolute atomic E-state index is 4.31. The van der Waals surface area contributed by atoms with Crippen molar-refractivity contribution in [1.29, 1.82) is 0 Å². The second-order valence-corrected chi connectivity index (χ2v) is 5.90. The highest BCUT2D eigenvalue weighted by atomic mass is 32.1. The van der Waals surface area contributed by atoms with Gasteiger partial charge in [-0.25, -0.2) is 4.98 Å². The molecule has 0 bridgehead atoms. The summed E-state index contributed by atoms with van der Waals surface area (Å²) in [5.41, 5.74) is 3.97. The van der Waals surface area contributed by atoms with Crippen LogP contribution in [-0.2, 0) is 6.54 Å². The Bertz CT molecular complexity index is 525. The molecule has 106 valence electrons. The molecule has 1 N–H and O–H groups in total. The zero-order valence-electron chi connectivity index (χ0n) is 11.6. The maximum Gasteiger partial charge on any atom is 0.151 e. The summed E-state index contributed by atoms with van der Waals surface area (Å²) < 4.78 is 0. The van der Waals surface area contributed by atoms with Crippen LogP contribution in [0.1, 0.15) is 24.2 Å². The zero-order valence-corrected chi connectivity index (χ0v) is 12.4. The number of hydrogen-bond donors (Lipinski definition) is 1. The van der Waals surface area contributed by atoms with Gasteiger partial charge in [-0.05, 0) is 31.9 Å². The van der Waals surface area contributed by atoms with Gasteiger partial charge in [-0.2, -0.15) is 5.10 Å². The molecule has 1 atom stereocenters. The van der Waals surface area contributed by atoms with Gasteiger partial charge in [0.15, 0.2) is 5.82 Å². The minimum absolute atomic E-state index is 0.494. The van der Waals surface area contributed by atoms with Gasteiger partial charge < -0.3 is 10.2 Å². The van der Waals surface area contributed by atoms with Gasteiger partial charge in [-0.3, -0.25) is 0 Å². The van der Waals surface area contributed by atoms with E-state index in [0.717, 1.165) is 36.8 Å². The molecule has 3 heterocycles. The summed E-state index contributed by atoms with van der Waals surface area (Å²) in [6.07, 6.45) is 2.39. The van der Waals surface area contributed by atoms with Gasteiger partial charge in [-0.1, -0.05) is 0 Å². The van der Waals surface area contributed by atoms with E-state index in [9.17, 15) is 0 Å². The highest BCUT2D eigenvalue weighted by Crippen LogP contribution is 2.17. The number of nitrogens with zero attached hydrogens (tertiary/aromatic N) is 4. The van der Waals surface area contributed by atoms with Crippen LogP contribution in [0.5, 0.6) is 0 Å². The van der Waals surface area contributed by atoms with Crippen molar-refractivity contribution in [2.45, 2.75) is 32.4 Å². The van der Waals surface area contributed by atoms with E-state index in [2.05, 4.69) is 36.8 Å². The van der Waals surface area contributed by atoms with Gasteiger partial charge in [0.1, 0.15) is 0 Å². The van der Waals surface area contributed by atoms with Crippen LogP contribution in [0.25, 0.3) is 0 Å². The summed E-state index contributed by atoms with van der Waals surface area (Å²) >= 11 is 1.65. The third-order valence-electron chi connectivity index (χ3n) is 3.58. The molecule has 6 heteroatoms. The van der Waals surface area contributed by atoms with E-state index in [1.165, 1.54) is 12.8 Å². The standard InChI is InChI=1S/C14H19N5S/c1-11-4-5-14(18-17-11)19-6-2-3-12(8-19)15-7-13-9-20-10-16-13/h4-5,9-10,12,15H,2-3,6-8H2,1H3/t12-/m0/s1. The van der Waals surface area contributed by atoms with Gasteiger partial charge in [0, 0.05) is 31.1 Å². The molecule has 0 aliphatic carbocycles. The van der Waals surface area contributed by atoms with E-state index in [4.69, 9.17) is 0 Å². The van der Waals surface area contributed by atoms with Crippen molar-refractivity contribution in [3.05, 3.63) is 34.4 Å². The molecular weight excluding hydrogens is 270 g/mol. The monoisotopic (exact) mass is 289 g/mol. The Morgan fingerprint density at radius 1 is 1.40 bits per heavy atom. The Hall–Kier alpha value is -1.53. The second-order valence-electron chi connectivity index (χ2n) is 5.18. The molecule has 0 amide bonds. The normalized spacial score (nSPS) is 19.2. The molecule has 0 unspecified atom stereocenters. The second kappa shape index (κ2) is 6.28. The molecule has 1 aliphatic rings. The first-order valence-electron chi connectivity index (χ1n) is 6.97. The first kappa shape index (κ1) is 13.5. The number of aryl methyl sites for hydroxylation is 1. The van der Waals surface area contributed by atoms with Crippen molar-refractivity contribution in [2.24, 2.45) is 0 Å². The average Bonchev–Trinajstić information content (AvgIpc) is 3.00. The molecule has 2 aromatic heterocycles. The van der Waals surface area contributed by atoms with Gasteiger partial charge in [0.25, 0.3) is 0 Å². The van der Waals surface area contributed by atoms with Crippen LogP contribution in [0.15, 0.2) is 23.0 Å². The lowest BCUT2D eigenvalue weighted by Crippen LogP contribution is -2.45. The van der Waals surface area contributed by atoms with Gasteiger partial charge in [-0.15, -0.1) is 16.4 Å². The first-order chi connectivity index (χ1) is 9.81. The molecule has 0 saturated carbocycles. The van der Waals surface area contributed by atoms with Crippen LogP contribution in [-0.4, -0.2) is 34.3 Å². The van der Waals surface area contributed by atoms with E-state index in [1.807, 2.05) is 18.5 Å². The molecule has 3 rings (SSSR count). The minimum Gasteiger partial charge on any atom is -0.354 e. The van der Waals surface area contributed by atoms with Crippen molar-refractivity contribution in [3.63, 3.8) is 0 Å². The number of piperidine rings is 1. The Morgan fingerprint density at radius 3 is 3.10 bits per heavy atom. The molecule has 1 fully saturated rings. The zero-order chi connectivity index (χ0) is 13.8. The molecule has 0 radical (unpaired) electrons. The van der Waals surface area contributed by atoms with Crippen molar-refractivity contribution < 1.29 is 0 Å². The number of rotatable bonds is 4. The minimum atomic E-state index is 0.494. The van der Waals surface area contributed by atoms with Crippen molar-refractivity contribution in [3.8, 4) is 0 Å².